The maximum absolute atomic E-state index is 14.5. The lowest BCUT2D eigenvalue weighted by Gasteiger charge is -2.48. The average molecular weight is 540 g/mol. The summed E-state index contributed by atoms with van der Waals surface area (Å²) in [6.45, 7) is 5.69. The molecule has 4 rings (SSSR count). The maximum Gasteiger partial charge on any atom is 0.398 e. The number of nitrogens with zero attached hydrogens (tertiary/aromatic N) is 1. The van der Waals surface area contributed by atoms with E-state index in [0.29, 0.717) is 24.8 Å². The Balaban J connectivity index is 1.67. The minimum Gasteiger partial charge on any atom is -0.300 e. The molecule has 210 valence electrons. The predicted octanol–water partition coefficient (Wildman–Crippen LogP) is 8.93. The van der Waals surface area contributed by atoms with Gasteiger partial charge in [-0.3, -0.25) is 0 Å². The van der Waals surface area contributed by atoms with Gasteiger partial charge in [-0.2, -0.15) is 26.3 Å². The molecule has 1 nitrogen and oxygen atoms in total. The molecule has 0 amide bonds. The molecular formula is C31H39F6N. The molecule has 0 spiro atoms. The highest BCUT2D eigenvalue weighted by atomic mass is 19.4. The SMILES string of the molecule is CCC(CCc1c(C2(C(F)(F)F)CCC2)cccc1C1(C(F)(F)F)CCC1)N(CC)CCc1ccccc1. The molecule has 0 saturated heterocycles. The van der Waals surface area contributed by atoms with Crippen molar-refractivity contribution in [2.24, 2.45) is 0 Å². The quantitative estimate of drug-likeness (QED) is 0.258. The Labute approximate surface area is 222 Å². The number of likely N-dealkylation sites (N-methyl/N-ethyl adjacent to an activating group) is 1. The fraction of sp³-hybridized carbons (Fsp3) is 0.613. The zero-order valence-electron chi connectivity index (χ0n) is 22.4. The molecule has 1 atom stereocenters. The third-order valence-electron chi connectivity index (χ3n) is 9.36. The van der Waals surface area contributed by atoms with Crippen LogP contribution in [0.25, 0.3) is 0 Å². The van der Waals surface area contributed by atoms with E-state index in [2.05, 4.69) is 30.9 Å². The topological polar surface area (TPSA) is 3.24 Å². The lowest BCUT2D eigenvalue weighted by atomic mass is 9.58. The Morgan fingerprint density at radius 2 is 1.26 bits per heavy atom. The molecule has 0 aromatic heterocycles. The van der Waals surface area contributed by atoms with Gasteiger partial charge in [-0.1, -0.05) is 75.2 Å². The Kier molecular flexibility index (Phi) is 8.56. The van der Waals surface area contributed by atoms with Crippen LogP contribution >= 0.6 is 0 Å². The Hall–Kier alpha value is -2.02. The molecular weight excluding hydrogens is 500 g/mol. The Morgan fingerprint density at radius 3 is 1.66 bits per heavy atom. The molecule has 0 aliphatic heterocycles. The molecule has 2 fully saturated rings. The molecule has 2 aliphatic carbocycles. The number of hydrogen-bond donors (Lipinski definition) is 0. The third-order valence-corrected chi connectivity index (χ3v) is 9.36. The van der Waals surface area contributed by atoms with Crippen molar-refractivity contribution in [3.8, 4) is 0 Å². The predicted molar refractivity (Wildman–Crippen MR) is 139 cm³/mol. The van der Waals surface area contributed by atoms with Crippen molar-refractivity contribution in [2.45, 2.75) is 107 Å². The van der Waals surface area contributed by atoms with Crippen LogP contribution < -0.4 is 0 Å². The second kappa shape index (κ2) is 11.2. The van der Waals surface area contributed by atoms with Gasteiger partial charge >= 0.3 is 12.4 Å². The summed E-state index contributed by atoms with van der Waals surface area (Å²) >= 11 is 0. The second-order valence-corrected chi connectivity index (χ2v) is 11.2. The minimum atomic E-state index is -4.49. The number of rotatable bonds is 11. The van der Waals surface area contributed by atoms with E-state index in [1.807, 2.05) is 18.2 Å². The fourth-order valence-electron chi connectivity index (χ4n) is 6.70. The normalized spacial score (nSPS) is 19.6. The summed E-state index contributed by atoms with van der Waals surface area (Å²) in [4.78, 5) is 2.32. The van der Waals surface area contributed by atoms with E-state index < -0.39 is 23.2 Å². The molecule has 2 aromatic carbocycles. The first-order chi connectivity index (χ1) is 18.0. The monoisotopic (exact) mass is 539 g/mol. The van der Waals surface area contributed by atoms with Gasteiger partial charge in [0, 0.05) is 12.6 Å². The van der Waals surface area contributed by atoms with Gasteiger partial charge in [0.25, 0.3) is 0 Å². The molecule has 7 heteroatoms. The smallest absolute Gasteiger partial charge is 0.300 e. The van der Waals surface area contributed by atoms with E-state index >= 15 is 0 Å². The number of benzene rings is 2. The highest BCUT2D eigenvalue weighted by molar-refractivity contribution is 5.48. The van der Waals surface area contributed by atoms with Gasteiger partial charge in [0.05, 0.1) is 10.8 Å². The zero-order chi connectivity index (χ0) is 27.6. The molecule has 2 saturated carbocycles. The summed E-state index contributed by atoms with van der Waals surface area (Å²) in [5, 5.41) is 0. The molecule has 1 unspecified atom stereocenters. The molecule has 0 radical (unpaired) electrons. The Morgan fingerprint density at radius 1 is 0.737 bits per heavy atom. The first kappa shape index (κ1) is 29.0. The van der Waals surface area contributed by atoms with Crippen LogP contribution in [0.5, 0.6) is 0 Å². The third kappa shape index (κ3) is 5.24. The van der Waals surface area contributed by atoms with Crippen molar-refractivity contribution >= 4 is 0 Å². The molecule has 38 heavy (non-hydrogen) atoms. The van der Waals surface area contributed by atoms with Gasteiger partial charge in [0.15, 0.2) is 0 Å². The van der Waals surface area contributed by atoms with Gasteiger partial charge in [0.2, 0.25) is 0 Å². The highest BCUT2D eigenvalue weighted by Gasteiger charge is 2.63. The Bertz CT molecular complexity index is 1000. The summed E-state index contributed by atoms with van der Waals surface area (Å²) in [7, 11) is 0. The van der Waals surface area contributed by atoms with E-state index in [4.69, 9.17) is 0 Å². The average Bonchev–Trinajstić information content (AvgIpc) is 2.79. The summed E-state index contributed by atoms with van der Waals surface area (Å²) in [5.74, 6) is 0. The van der Waals surface area contributed by atoms with E-state index in [1.54, 1.807) is 0 Å². The van der Waals surface area contributed by atoms with E-state index in [-0.39, 0.29) is 49.3 Å². The van der Waals surface area contributed by atoms with Crippen LogP contribution in [0.2, 0.25) is 0 Å². The van der Waals surface area contributed by atoms with Crippen molar-refractivity contribution in [3.05, 3.63) is 70.8 Å². The van der Waals surface area contributed by atoms with Crippen LogP contribution in [0.1, 0.15) is 87.5 Å². The van der Waals surface area contributed by atoms with E-state index in [1.165, 1.54) is 23.8 Å². The highest BCUT2D eigenvalue weighted by Crippen LogP contribution is 2.59. The zero-order valence-corrected chi connectivity index (χ0v) is 22.4. The van der Waals surface area contributed by atoms with Crippen molar-refractivity contribution in [3.63, 3.8) is 0 Å². The summed E-state index contributed by atoms with van der Waals surface area (Å²) in [5.41, 5.74) is -2.37. The maximum atomic E-state index is 14.5. The lowest BCUT2D eigenvalue weighted by Crippen LogP contribution is -2.51. The number of hydrogen-bond acceptors (Lipinski definition) is 1. The molecule has 0 bridgehead atoms. The molecule has 0 N–H and O–H groups in total. The number of alkyl halides is 6. The van der Waals surface area contributed by atoms with Gasteiger partial charge in [-0.05, 0) is 80.2 Å². The van der Waals surface area contributed by atoms with Crippen molar-refractivity contribution in [1.29, 1.82) is 0 Å². The summed E-state index contributed by atoms with van der Waals surface area (Å²) < 4.78 is 86.8. The van der Waals surface area contributed by atoms with Crippen LogP contribution in [-0.4, -0.2) is 36.4 Å². The van der Waals surface area contributed by atoms with Crippen LogP contribution in [-0.2, 0) is 23.7 Å². The number of halogens is 6. The molecule has 0 heterocycles. The van der Waals surface area contributed by atoms with Crippen molar-refractivity contribution in [2.75, 3.05) is 13.1 Å². The van der Waals surface area contributed by atoms with Crippen molar-refractivity contribution < 1.29 is 26.3 Å². The van der Waals surface area contributed by atoms with Gasteiger partial charge in [-0.25, -0.2) is 0 Å². The largest absolute Gasteiger partial charge is 0.398 e. The second-order valence-electron chi connectivity index (χ2n) is 11.2. The minimum absolute atomic E-state index is 0.0542. The molecule has 2 aliphatic rings. The summed E-state index contributed by atoms with van der Waals surface area (Å²) in [6, 6.07) is 14.5. The first-order valence-corrected chi connectivity index (χ1v) is 14.0. The van der Waals surface area contributed by atoms with Crippen molar-refractivity contribution in [1.82, 2.24) is 4.90 Å². The van der Waals surface area contributed by atoms with Gasteiger partial charge in [-0.15, -0.1) is 0 Å². The van der Waals surface area contributed by atoms with E-state index in [0.717, 1.165) is 25.9 Å². The lowest BCUT2D eigenvalue weighted by molar-refractivity contribution is -0.215. The van der Waals surface area contributed by atoms with E-state index in [9.17, 15) is 26.3 Å². The van der Waals surface area contributed by atoms with Crippen LogP contribution in [0, 0.1) is 0 Å². The van der Waals surface area contributed by atoms with Crippen LogP contribution in [0.15, 0.2) is 48.5 Å². The summed E-state index contributed by atoms with van der Waals surface area (Å²) in [6.07, 6.45) is -5.92. The standard InChI is InChI=1S/C31H39F6N/c1-3-24(38(4-2)22-17-23-11-6-5-7-12-23)15-16-25-26(28(18-9-19-28)30(32,33)34)13-8-14-27(25)29(20-10-21-29)31(35,36)37/h5-8,11-14,24H,3-4,9-10,15-22H2,1-2H3. The molecule has 2 aromatic rings. The van der Waals surface area contributed by atoms with Crippen LogP contribution in [0.3, 0.4) is 0 Å². The van der Waals surface area contributed by atoms with Crippen LogP contribution in [0.4, 0.5) is 26.3 Å². The first-order valence-electron chi connectivity index (χ1n) is 14.0. The van der Waals surface area contributed by atoms with Gasteiger partial charge < -0.3 is 4.90 Å². The van der Waals surface area contributed by atoms with Gasteiger partial charge in [0.1, 0.15) is 0 Å². The fourth-order valence-corrected chi connectivity index (χ4v) is 6.70.